The van der Waals surface area contributed by atoms with Gasteiger partial charge in [0.1, 0.15) is 5.82 Å². The molecule has 7 heteroatoms. The first-order valence-electron chi connectivity index (χ1n) is 7.80. The molecular formula is C17H18ClN3O3. The van der Waals surface area contributed by atoms with Gasteiger partial charge in [-0.1, -0.05) is 17.7 Å². The number of pyridine rings is 2. The average Bonchev–Trinajstić information content (AvgIpc) is 2.61. The van der Waals surface area contributed by atoms with Crippen LogP contribution in [-0.2, 0) is 11.3 Å². The smallest absolute Gasteiger partial charge is 0.356 e. The summed E-state index contributed by atoms with van der Waals surface area (Å²) in [7, 11) is 0. The van der Waals surface area contributed by atoms with Gasteiger partial charge in [-0.2, -0.15) is 0 Å². The minimum Gasteiger partial charge on any atom is -0.476 e. The number of aromatic nitrogens is 2. The van der Waals surface area contributed by atoms with Crippen LogP contribution in [0.5, 0.6) is 0 Å². The molecule has 1 aliphatic rings. The summed E-state index contributed by atoms with van der Waals surface area (Å²) in [5, 5.41) is 9.30. The van der Waals surface area contributed by atoms with Crippen molar-refractivity contribution in [1.29, 1.82) is 0 Å². The van der Waals surface area contributed by atoms with Crippen LogP contribution in [0.4, 0.5) is 5.82 Å². The molecule has 126 valence electrons. The Morgan fingerprint density at radius 3 is 3.00 bits per heavy atom. The second-order valence-electron chi connectivity index (χ2n) is 5.65. The molecule has 0 unspecified atom stereocenters. The molecule has 0 spiro atoms. The van der Waals surface area contributed by atoms with Gasteiger partial charge in [0, 0.05) is 19.3 Å². The molecule has 0 amide bonds. The molecule has 3 heterocycles. The largest absolute Gasteiger partial charge is 0.476 e. The van der Waals surface area contributed by atoms with Crippen LogP contribution in [0, 0.1) is 0 Å². The lowest BCUT2D eigenvalue weighted by molar-refractivity contribution is 0.0297. The Balaban J connectivity index is 1.65. The van der Waals surface area contributed by atoms with Crippen LogP contribution in [0.2, 0.25) is 5.02 Å². The molecular weight excluding hydrogens is 330 g/mol. The number of carboxylic acid groups (broad SMARTS) is 1. The maximum absolute atomic E-state index is 11.2. The number of carboxylic acids is 1. The van der Waals surface area contributed by atoms with Crippen LogP contribution < -0.4 is 4.90 Å². The molecule has 2 aromatic heterocycles. The highest BCUT2D eigenvalue weighted by Gasteiger charge is 2.23. The lowest BCUT2D eigenvalue weighted by Crippen LogP contribution is -2.40. The maximum atomic E-state index is 11.2. The molecule has 24 heavy (non-hydrogen) atoms. The number of anilines is 1. The number of aromatic carboxylic acids is 1. The number of piperidine rings is 1. The van der Waals surface area contributed by atoms with Crippen molar-refractivity contribution in [3.8, 4) is 0 Å². The maximum Gasteiger partial charge on any atom is 0.356 e. The highest BCUT2D eigenvalue weighted by atomic mass is 35.5. The molecule has 1 atom stereocenters. The zero-order valence-corrected chi connectivity index (χ0v) is 13.8. The Morgan fingerprint density at radius 2 is 2.25 bits per heavy atom. The van der Waals surface area contributed by atoms with Crippen LogP contribution in [0.25, 0.3) is 0 Å². The van der Waals surface area contributed by atoms with E-state index in [-0.39, 0.29) is 16.8 Å². The van der Waals surface area contributed by atoms with Crippen LogP contribution in [-0.4, -0.2) is 40.2 Å². The van der Waals surface area contributed by atoms with E-state index in [0.717, 1.165) is 25.1 Å². The molecule has 3 rings (SSSR count). The predicted molar refractivity (Wildman–Crippen MR) is 90.5 cm³/mol. The van der Waals surface area contributed by atoms with Gasteiger partial charge >= 0.3 is 5.97 Å². The van der Waals surface area contributed by atoms with Crippen molar-refractivity contribution >= 4 is 23.4 Å². The third-order valence-electron chi connectivity index (χ3n) is 3.93. The molecule has 1 aliphatic heterocycles. The highest BCUT2D eigenvalue weighted by molar-refractivity contribution is 6.33. The molecule has 1 N–H and O–H groups in total. The minimum atomic E-state index is -1.12. The van der Waals surface area contributed by atoms with Crippen LogP contribution in [0.1, 0.15) is 29.0 Å². The molecule has 1 saturated heterocycles. The lowest BCUT2D eigenvalue weighted by Gasteiger charge is -2.33. The van der Waals surface area contributed by atoms with Gasteiger partial charge in [-0.05, 0) is 37.1 Å². The van der Waals surface area contributed by atoms with Crippen molar-refractivity contribution in [2.45, 2.75) is 25.6 Å². The number of carbonyl (C=O) groups is 1. The van der Waals surface area contributed by atoms with Gasteiger partial charge in [0.2, 0.25) is 0 Å². The SMILES string of the molecule is O=C(O)c1nc(N2CCC[C@@H](OCc3ccccn3)C2)ccc1Cl. The van der Waals surface area contributed by atoms with Crippen LogP contribution in [0.3, 0.4) is 0 Å². The molecule has 2 aromatic rings. The quantitative estimate of drug-likeness (QED) is 0.896. The predicted octanol–water partition coefficient (Wildman–Crippen LogP) is 3.01. The third kappa shape index (κ3) is 4.01. The van der Waals surface area contributed by atoms with Crippen molar-refractivity contribution < 1.29 is 14.6 Å². The first-order valence-corrected chi connectivity index (χ1v) is 8.17. The van der Waals surface area contributed by atoms with E-state index in [9.17, 15) is 4.79 Å². The average molecular weight is 348 g/mol. The van der Waals surface area contributed by atoms with Gasteiger partial charge in [0.25, 0.3) is 0 Å². The number of hydrogen-bond donors (Lipinski definition) is 1. The van der Waals surface area contributed by atoms with Crippen LogP contribution in [0.15, 0.2) is 36.5 Å². The van der Waals surface area contributed by atoms with Crippen molar-refractivity contribution in [2.24, 2.45) is 0 Å². The van der Waals surface area contributed by atoms with E-state index in [1.54, 1.807) is 18.3 Å². The first kappa shape index (κ1) is 16.7. The van der Waals surface area contributed by atoms with E-state index < -0.39 is 5.97 Å². The summed E-state index contributed by atoms with van der Waals surface area (Å²) < 4.78 is 5.95. The Bertz CT molecular complexity index is 711. The summed E-state index contributed by atoms with van der Waals surface area (Å²) >= 11 is 5.88. The Kier molecular flexibility index (Phi) is 5.27. The summed E-state index contributed by atoms with van der Waals surface area (Å²) in [5.74, 6) is -0.509. The number of halogens is 1. The van der Waals surface area contributed by atoms with Gasteiger partial charge < -0.3 is 14.7 Å². The molecule has 0 aliphatic carbocycles. The first-order chi connectivity index (χ1) is 11.6. The number of ether oxygens (including phenoxy) is 1. The molecule has 0 saturated carbocycles. The summed E-state index contributed by atoms with van der Waals surface area (Å²) in [6.45, 7) is 1.95. The molecule has 6 nitrogen and oxygen atoms in total. The van der Waals surface area contributed by atoms with Crippen molar-refractivity contribution in [1.82, 2.24) is 9.97 Å². The van der Waals surface area contributed by atoms with Gasteiger partial charge in [-0.25, -0.2) is 9.78 Å². The van der Waals surface area contributed by atoms with E-state index in [1.165, 1.54) is 0 Å². The standard InChI is InChI=1S/C17H18ClN3O3/c18-14-6-7-15(20-16(14)17(22)23)21-9-3-5-13(10-21)24-11-12-4-1-2-8-19-12/h1-2,4,6-8,13H,3,5,9-11H2,(H,22,23)/t13-/m1/s1. The Labute approximate surface area is 145 Å². The summed E-state index contributed by atoms with van der Waals surface area (Å²) in [4.78, 5) is 21.6. The zero-order valence-electron chi connectivity index (χ0n) is 13.1. The van der Waals surface area contributed by atoms with Crippen molar-refractivity contribution in [3.05, 3.63) is 52.9 Å². The monoisotopic (exact) mass is 347 g/mol. The van der Waals surface area contributed by atoms with Crippen molar-refractivity contribution in [3.63, 3.8) is 0 Å². The topological polar surface area (TPSA) is 75.5 Å². The van der Waals surface area contributed by atoms with Gasteiger partial charge in [-0.3, -0.25) is 4.98 Å². The van der Waals surface area contributed by atoms with E-state index in [4.69, 9.17) is 21.4 Å². The van der Waals surface area contributed by atoms with Gasteiger partial charge in [-0.15, -0.1) is 0 Å². The Hall–Kier alpha value is -2.18. The number of nitrogens with zero attached hydrogens (tertiary/aromatic N) is 3. The lowest BCUT2D eigenvalue weighted by atomic mass is 10.1. The molecule has 0 radical (unpaired) electrons. The minimum absolute atomic E-state index is 0.0616. The summed E-state index contributed by atoms with van der Waals surface area (Å²) in [6.07, 6.45) is 3.73. The van der Waals surface area contributed by atoms with E-state index in [0.29, 0.717) is 19.0 Å². The van der Waals surface area contributed by atoms with Gasteiger partial charge in [0.05, 0.1) is 23.4 Å². The molecule has 0 aromatic carbocycles. The fourth-order valence-electron chi connectivity index (χ4n) is 2.73. The number of rotatable bonds is 5. The van der Waals surface area contributed by atoms with E-state index in [2.05, 4.69) is 9.97 Å². The Morgan fingerprint density at radius 1 is 1.38 bits per heavy atom. The van der Waals surface area contributed by atoms with E-state index >= 15 is 0 Å². The fraction of sp³-hybridized carbons (Fsp3) is 0.353. The van der Waals surface area contributed by atoms with Gasteiger partial charge in [0.15, 0.2) is 5.69 Å². The second kappa shape index (κ2) is 7.59. The van der Waals surface area contributed by atoms with E-state index in [1.807, 2.05) is 23.1 Å². The van der Waals surface area contributed by atoms with Crippen molar-refractivity contribution in [2.75, 3.05) is 18.0 Å². The highest BCUT2D eigenvalue weighted by Crippen LogP contribution is 2.23. The molecule has 0 bridgehead atoms. The summed E-state index contributed by atoms with van der Waals surface area (Å²) in [6, 6.07) is 9.06. The normalized spacial score (nSPS) is 17.7. The third-order valence-corrected chi connectivity index (χ3v) is 4.23. The van der Waals surface area contributed by atoms with Crippen LogP contribution >= 0.6 is 11.6 Å². The molecule has 1 fully saturated rings. The fourth-order valence-corrected chi connectivity index (χ4v) is 2.91. The summed E-state index contributed by atoms with van der Waals surface area (Å²) in [5.41, 5.74) is 0.776. The number of hydrogen-bond acceptors (Lipinski definition) is 5. The second-order valence-corrected chi connectivity index (χ2v) is 6.05. The zero-order chi connectivity index (χ0) is 16.9.